The van der Waals surface area contributed by atoms with Gasteiger partial charge in [-0.05, 0) is 23.1 Å². The average Bonchev–Trinajstić information content (AvgIpc) is 2.97. The van der Waals surface area contributed by atoms with Crippen LogP contribution in [0.5, 0.6) is 0 Å². The molecule has 0 aliphatic carbocycles. The Labute approximate surface area is 241 Å². The van der Waals surface area contributed by atoms with Gasteiger partial charge in [0.1, 0.15) is 0 Å². The molecule has 216 valence electrons. The molecule has 4 nitrogen and oxygen atoms in total. The van der Waals surface area contributed by atoms with Crippen LogP contribution in [0.25, 0.3) is 0 Å². The van der Waals surface area contributed by atoms with E-state index in [1.807, 2.05) is 60.7 Å². The summed E-state index contributed by atoms with van der Waals surface area (Å²) < 4.78 is 0. The number of aliphatic hydroxyl groups is 2. The van der Waals surface area contributed by atoms with Gasteiger partial charge >= 0.3 is 0 Å². The fourth-order valence-electron chi connectivity index (χ4n) is 5.64. The van der Waals surface area contributed by atoms with Gasteiger partial charge in [-0.15, -0.1) is 0 Å². The summed E-state index contributed by atoms with van der Waals surface area (Å²) in [5, 5.41) is 24.7. The van der Waals surface area contributed by atoms with Crippen molar-refractivity contribution in [2.24, 2.45) is 0 Å². The van der Waals surface area contributed by atoms with Gasteiger partial charge in [-0.2, -0.15) is 0 Å². The second kappa shape index (κ2) is 17.7. The van der Waals surface area contributed by atoms with Gasteiger partial charge in [-0.25, -0.2) is 0 Å². The largest absolute Gasteiger partial charge is 0.396 e. The quantitative estimate of drug-likeness (QED) is 0.0810. The zero-order valence-electron chi connectivity index (χ0n) is 24.4. The highest BCUT2D eigenvalue weighted by molar-refractivity contribution is 5.77. The number of benzene rings is 3. The Bertz CT molecular complexity index is 1060. The molecule has 3 rings (SSSR count). The molecule has 1 atom stereocenters. The predicted octanol–water partition coefficient (Wildman–Crippen LogP) is 8.21. The molecule has 0 radical (unpaired) electrons. The van der Waals surface area contributed by atoms with Crippen molar-refractivity contribution in [2.45, 2.75) is 102 Å². The van der Waals surface area contributed by atoms with Crippen molar-refractivity contribution in [2.75, 3.05) is 6.61 Å². The van der Waals surface area contributed by atoms with Crippen LogP contribution in [0.4, 0.5) is 0 Å². The number of amides is 1. The van der Waals surface area contributed by atoms with E-state index in [4.69, 9.17) is 0 Å². The first-order valence-corrected chi connectivity index (χ1v) is 15.4. The van der Waals surface area contributed by atoms with Gasteiger partial charge in [0, 0.05) is 30.9 Å². The van der Waals surface area contributed by atoms with E-state index < -0.39 is 5.72 Å². The summed E-state index contributed by atoms with van der Waals surface area (Å²) in [7, 11) is 0. The molecule has 3 N–H and O–H groups in total. The highest BCUT2D eigenvalue weighted by Gasteiger charge is 2.35. The van der Waals surface area contributed by atoms with Crippen molar-refractivity contribution in [3.63, 3.8) is 0 Å². The number of carbonyl (C=O) groups is 1. The lowest BCUT2D eigenvalue weighted by Gasteiger charge is -2.33. The van der Waals surface area contributed by atoms with Gasteiger partial charge in [0.05, 0.1) is 0 Å². The molecule has 40 heavy (non-hydrogen) atoms. The first-order chi connectivity index (χ1) is 19.6. The van der Waals surface area contributed by atoms with E-state index in [1.165, 1.54) is 51.4 Å². The van der Waals surface area contributed by atoms with Gasteiger partial charge in [-0.3, -0.25) is 4.79 Å². The Balaban J connectivity index is 1.65. The van der Waals surface area contributed by atoms with Gasteiger partial charge in [0.25, 0.3) is 0 Å². The minimum Gasteiger partial charge on any atom is -0.396 e. The summed E-state index contributed by atoms with van der Waals surface area (Å²) in [6, 6.07) is 28.1. The van der Waals surface area contributed by atoms with Crippen molar-refractivity contribution >= 4 is 5.91 Å². The van der Waals surface area contributed by atoms with Crippen LogP contribution in [0.2, 0.25) is 0 Å². The minimum absolute atomic E-state index is 0.0182. The molecule has 3 aromatic carbocycles. The lowest BCUT2D eigenvalue weighted by Crippen LogP contribution is -2.47. The summed E-state index contributed by atoms with van der Waals surface area (Å²) in [5.41, 5.74) is 2.06. The third kappa shape index (κ3) is 9.91. The molecular weight excluding hydrogens is 494 g/mol. The smallest absolute Gasteiger partial charge is 0.222 e. The standard InChI is InChI=1S/C36H49NO3/c1-2-3-4-5-6-7-8-9-10-11-18-27-34(39)37-36(40,28-29-38)33-26-20-19-25-32(33)35(30-21-14-12-15-22-30)31-23-16-13-17-24-31/h12-17,19-26,35,38,40H,2-11,18,27-29H2,1H3,(H,37,39). The molecular formula is C36H49NO3. The highest BCUT2D eigenvalue weighted by atomic mass is 16.3. The number of nitrogens with one attached hydrogen (secondary N) is 1. The third-order valence-electron chi connectivity index (χ3n) is 7.81. The lowest BCUT2D eigenvalue weighted by molar-refractivity contribution is -0.130. The van der Waals surface area contributed by atoms with Gasteiger partial charge in [-0.1, -0.05) is 156 Å². The summed E-state index contributed by atoms with van der Waals surface area (Å²) >= 11 is 0. The summed E-state index contributed by atoms with van der Waals surface area (Å²) in [5.74, 6) is -0.315. The first-order valence-electron chi connectivity index (χ1n) is 15.4. The monoisotopic (exact) mass is 543 g/mol. The third-order valence-corrected chi connectivity index (χ3v) is 7.81. The molecule has 0 aliphatic heterocycles. The van der Waals surface area contributed by atoms with E-state index in [0.717, 1.165) is 36.0 Å². The van der Waals surface area contributed by atoms with E-state index in [1.54, 1.807) is 0 Å². The Morgan fingerprint density at radius 3 is 1.70 bits per heavy atom. The Morgan fingerprint density at radius 2 is 1.18 bits per heavy atom. The average molecular weight is 544 g/mol. The zero-order valence-corrected chi connectivity index (χ0v) is 24.4. The number of hydrogen-bond donors (Lipinski definition) is 3. The minimum atomic E-state index is -1.66. The molecule has 0 saturated carbocycles. The zero-order chi connectivity index (χ0) is 28.5. The molecule has 1 unspecified atom stereocenters. The predicted molar refractivity (Wildman–Crippen MR) is 165 cm³/mol. The van der Waals surface area contributed by atoms with Crippen LogP contribution in [-0.2, 0) is 10.5 Å². The van der Waals surface area contributed by atoms with Crippen LogP contribution in [0, 0.1) is 0 Å². The summed E-state index contributed by atoms with van der Waals surface area (Å²) in [6.45, 7) is 2.00. The highest BCUT2D eigenvalue weighted by Crippen LogP contribution is 2.38. The van der Waals surface area contributed by atoms with Crippen molar-refractivity contribution in [3.8, 4) is 0 Å². The van der Waals surface area contributed by atoms with Crippen LogP contribution >= 0.6 is 0 Å². The van der Waals surface area contributed by atoms with Crippen molar-refractivity contribution in [3.05, 3.63) is 107 Å². The van der Waals surface area contributed by atoms with E-state index in [9.17, 15) is 15.0 Å². The summed E-state index contributed by atoms with van der Waals surface area (Å²) in [4.78, 5) is 13.0. The SMILES string of the molecule is CCCCCCCCCCCCCC(=O)NC(O)(CCO)c1ccccc1C(c1ccccc1)c1ccccc1. The molecule has 3 aromatic rings. The lowest BCUT2D eigenvalue weighted by atomic mass is 9.80. The van der Waals surface area contributed by atoms with E-state index in [0.29, 0.717) is 12.0 Å². The Hall–Kier alpha value is -2.95. The van der Waals surface area contributed by atoms with E-state index in [-0.39, 0.29) is 24.9 Å². The normalized spacial score (nSPS) is 12.8. The fraction of sp³-hybridized carbons (Fsp3) is 0.472. The Kier molecular flexibility index (Phi) is 14.0. The van der Waals surface area contributed by atoms with Crippen molar-refractivity contribution in [1.82, 2.24) is 5.32 Å². The topological polar surface area (TPSA) is 69.6 Å². The molecule has 0 heterocycles. The maximum absolute atomic E-state index is 13.0. The van der Waals surface area contributed by atoms with Gasteiger partial charge < -0.3 is 15.5 Å². The molecule has 4 heteroatoms. The molecule has 1 amide bonds. The van der Waals surface area contributed by atoms with Gasteiger partial charge in [0.2, 0.25) is 5.91 Å². The second-order valence-corrected chi connectivity index (χ2v) is 11.0. The van der Waals surface area contributed by atoms with Crippen LogP contribution in [0.3, 0.4) is 0 Å². The van der Waals surface area contributed by atoms with Crippen LogP contribution in [0.15, 0.2) is 84.9 Å². The van der Waals surface area contributed by atoms with E-state index in [2.05, 4.69) is 36.5 Å². The van der Waals surface area contributed by atoms with Crippen molar-refractivity contribution < 1.29 is 15.0 Å². The summed E-state index contributed by atoms with van der Waals surface area (Å²) in [6.07, 6.45) is 13.8. The maximum atomic E-state index is 13.0. The van der Waals surface area contributed by atoms with E-state index >= 15 is 0 Å². The molecule has 0 spiro atoms. The van der Waals surface area contributed by atoms with Crippen LogP contribution in [-0.4, -0.2) is 22.7 Å². The fourth-order valence-corrected chi connectivity index (χ4v) is 5.64. The number of aliphatic hydroxyl groups excluding tert-OH is 1. The number of rotatable bonds is 19. The molecule has 0 bridgehead atoms. The molecule has 0 aromatic heterocycles. The second-order valence-electron chi connectivity index (χ2n) is 11.0. The van der Waals surface area contributed by atoms with Crippen LogP contribution in [0.1, 0.15) is 119 Å². The van der Waals surface area contributed by atoms with Gasteiger partial charge in [0.15, 0.2) is 5.72 Å². The number of carbonyl (C=O) groups excluding carboxylic acids is 1. The van der Waals surface area contributed by atoms with Crippen LogP contribution < -0.4 is 5.32 Å². The number of unbranched alkanes of at least 4 members (excludes halogenated alkanes) is 10. The van der Waals surface area contributed by atoms with Crippen molar-refractivity contribution in [1.29, 1.82) is 0 Å². The first kappa shape index (κ1) is 31.6. The molecule has 0 saturated heterocycles. The Morgan fingerprint density at radius 1 is 0.700 bits per heavy atom. The molecule has 0 aliphatic rings. The molecule has 0 fully saturated rings. The maximum Gasteiger partial charge on any atom is 0.222 e. The number of hydrogen-bond acceptors (Lipinski definition) is 3.